The predicted molar refractivity (Wildman–Crippen MR) is 73.3 cm³/mol. The van der Waals surface area contributed by atoms with Gasteiger partial charge in [-0.1, -0.05) is 25.1 Å². The van der Waals surface area contributed by atoms with E-state index in [4.69, 9.17) is 9.47 Å². The van der Waals surface area contributed by atoms with Crippen LogP contribution in [-0.2, 0) is 0 Å². The van der Waals surface area contributed by atoms with Crippen molar-refractivity contribution in [3.05, 3.63) is 35.9 Å². The Kier molecular flexibility index (Phi) is 4.65. The molecule has 0 fully saturated rings. The Morgan fingerprint density at radius 3 is 2.89 bits per heavy atom. The number of methoxy groups -OCH3 is 1. The minimum Gasteiger partial charge on any atom is -0.496 e. The number of hydrogen-bond donors (Lipinski definition) is 1. The zero-order chi connectivity index (χ0) is 12.8. The Balaban J connectivity index is 2.17. The summed E-state index contributed by atoms with van der Waals surface area (Å²) in [7, 11) is 1.71. The van der Waals surface area contributed by atoms with Crippen LogP contribution in [0.5, 0.6) is 11.5 Å². The van der Waals surface area contributed by atoms with Crippen molar-refractivity contribution >= 4 is 0 Å². The van der Waals surface area contributed by atoms with E-state index in [0.29, 0.717) is 6.04 Å². The molecule has 1 aromatic rings. The van der Waals surface area contributed by atoms with E-state index in [-0.39, 0.29) is 0 Å². The fourth-order valence-corrected chi connectivity index (χ4v) is 2.14. The third-order valence-electron chi connectivity index (χ3n) is 3.07. The Hall–Kier alpha value is -1.48. The molecule has 3 nitrogen and oxygen atoms in total. The second-order valence-electron chi connectivity index (χ2n) is 4.42. The van der Waals surface area contributed by atoms with E-state index in [2.05, 4.69) is 30.5 Å². The van der Waals surface area contributed by atoms with Crippen LogP contribution in [0, 0.1) is 0 Å². The zero-order valence-corrected chi connectivity index (χ0v) is 11.1. The van der Waals surface area contributed by atoms with E-state index in [1.54, 1.807) is 7.11 Å². The van der Waals surface area contributed by atoms with Gasteiger partial charge in [0.1, 0.15) is 11.5 Å². The molecular formula is C15H21NO2. The standard InChI is InChI=1S/C15H21NO2/c1-3-10-18-12-7-8-13(15(11-12)17-2)14-6-4-5-9-16-14/h4-5,7-8,11,14,16H,3,6,9-10H2,1-2H3. The maximum atomic E-state index is 5.63. The van der Waals surface area contributed by atoms with Gasteiger partial charge in [-0.3, -0.25) is 0 Å². The average molecular weight is 247 g/mol. The van der Waals surface area contributed by atoms with Crippen LogP contribution < -0.4 is 14.8 Å². The van der Waals surface area contributed by atoms with Gasteiger partial charge in [-0.05, 0) is 18.9 Å². The molecule has 0 aliphatic carbocycles. The lowest BCUT2D eigenvalue weighted by Gasteiger charge is -2.22. The van der Waals surface area contributed by atoms with Crippen LogP contribution in [-0.4, -0.2) is 20.3 Å². The van der Waals surface area contributed by atoms with Crippen LogP contribution in [0.2, 0.25) is 0 Å². The highest BCUT2D eigenvalue weighted by molar-refractivity contribution is 5.43. The molecule has 1 aliphatic heterocycles. The van der Waals surface area contributed by atoms with Crippen LogP contribution in [0.1, 0.15) is 31.4 Å². The van der Waals surface area contributed by atoms with Crippen molar-refractivity contribution in [1.29, 1.82) is 0 Å². The Bertz CT molecular complexity index is 415. The molecule has 1 atom stereocenters. The van der Waals surface area contributed by atoms with Crippen molar-refractivity contribution in [3.63, 3.8) is 0 Å². The summed E-state index contributed by atoms with van der Waals surface area (Å²) in [5.41, 5.74) is 1.20. The number of rotatable bonds is 5. The molecule has 1 N–H and O–H groups in total. The zero-order valence-electron chi connectivity index (χ0n) is 11.1. The van der Waals surface area contributed by atoms with Crippen molar-refractivity contribution in [2.24, 2.45) is 0 Å². The van der Waals surface area contributed by atoms with Crippen molar-refractivity contribution in [2.45, 2.75) is 25.8 Å². The molecule has 2 rings (SSSR count). The first-order valence-electron chi connectivity index (χ1n) is 6.54. The van der Waals surface area contributed by atoms with Crippen LogP contribution in [0.25, 0.3) is 0 Å². The van der Waals surface area contributed by atoms with Gasteiger partial charge in [-0.25, -0.2) is 0 Å². The molecule has 1 aliphatic rings. The fraction of sp³-hybridized carbons (Fsp3) is 0.467. The van der Waals surface area contributed by atoms with E-state index in [1.165, 1.54) is 5.56 Å². The van der Waals surface area contributed by atoms with Crippen molar-refractivity contribution in [3.8, 4) is 11.5 Å². The lowest BCUT2D eigenvalue weighted by Crippen LogP contribution is -2.24. The van der Waals surface area contributed by atoms with Gasteiger partial charge in [-0.15, -0.1) is 0 Å². The largest absolute Gasteiger partial charge is 0.496 e. The maximum Gasteiger partial charge on any atom is 0.127 e. The van der Waals surface area contributed by atoms with Gasteiger partial charge in [0.05, 0.1) is 13.7 Å². The van der Waals surface area contributed by atoms with Gasteiger partial charge in [0.25, 0.3) is 0 Å². The minimum atomic E-state index is 0.338. The molecule has 0 bridgehead atoms. The van der Waals surface area contributed by atoms with Gasteiger partial charge < -0.3 is 14.8 Å². The van der Waals surface area contributed by atoms with E-state index in [1.807, 2.05) is 12.1 Å². The average Bonchev–Trinajstić information content (AvgIpc) is 2.45. The van der Waals surface area contributed by atoms with Crippen molar-refractivity contribution in [1.82, 2.24) is 5.32 Å². The van der Waals surface area contributed by atoms with E-state index in [9.17, 15) is 0 Å². The molecular weight excluding hydrogens is 226 g/mol. The molecule has 1 heterocycles. The lowest BCUT2D eigenvalue weighted by molar-refractivity contribution is 0.313. The molecule has 0 saturated carbocycles. The molecule has 1 aromatic carbocycles. The van der Waals surface area contributed by atoms with Gasteiger partial charge >= 0.3 is 0 Å². The minimum absolute atomic E-state index is 0.338. The first-order valence-corrected chi connectivity index (χ1v) is 6.54. The summed E-state index contributed by atoms with van der Waals surface area (Å²) in [5.74, 6) is 1.78. The quantitative estimate of drug-likeness (QED) is 0.811. The number of hydrogen-bond acceptors (Lipinski definition) is 3. The van der Waals surface area contributed by atoms with E-state index < -0.39 is 0 Å². The number of nitrogens with one attached hydrogen (secondary N) is 1. The summed E-state index contributed by atoms with van der Waals surface area (Å²) < 4.78 is 11.1. The summed E-state index contributed by atoms with van der Waals surface area (Å²) >= 11 is 0. The van der Waals surface area contributed by atoms with Crippen molar-refractivity contribution < 1.29 is 9.47 Å². The molecule has 98 valence electrons. The van der Waals surface area contributed by atoms with Gasteiger partial charge in [0, 0.05) is 24.2 Å². The first kappa shape index (κ1) is 13.0. The van der Waals surface area contributed by atoms with E-state index >= 15 is 0 Å². The van der Waals surface area contributed by atoms with Crippen LogP contribution in [0.15, 0.2) is 30.4 Å². The highest BCUT2D eigenvalue weighted by Gasteiger charge is 2.16. The summed E-state index contributed by atoms with van der Waals surface area (Å²) in [5, 5.41) is 3.47. The molecule has 1 unspecified atom stereocenters. The molecule has 0 spiro atoms. The molecule has 0 radical (unpaired) electrons. The van der Waals surface area contributed by atoms with Gasteiger partial charge in [0.15, 0.2) is 0 Å². The molecule has 3 heteroatoms. The monoisotopic (exact) mass is 247 g/mol. The van der Waals surface area contributed by atoms with Gasteiger partial charge in [0.2, 0.25) is 0 Å². The van der Waals surface area contributed by atoms with Crippen LogP contribution >= 0.6 is 0 Å². The third-order valence-corrected chi connectivity index (χ3v) is 3.07. The summed E-state index contributed by atoms with van der Waals surface area (Å²) in [6.45, 7) is 3.76. The molecule has 18 heavy (non-hydrogen) atoms. The smallest absolute Gasteiger partial charge is 0.127 e. The van der Waals surface area contributed by atoms with Gasteiger partial charge in [-0.2, -0.15) is 0 Å². The Morgan fingerprint density at radius 1 is 1.33 bits per heavy atom. The lowest BCUT2D eigenvalue weighted by atomic mass is 10.00. The third kappa shape index (κ3) is 3.05. The van der Waals surface area contributed by atoms with Crippen LogP contribution in [0.3, 0.4) is 0 Å². The highest BCUT2D eigenvalue weighted by atomic mass is 16.5. The molecule has 0 saturated heterocycles. The molecule has 0 amide bonds. The first-order chi connectivity index (χ1) is 8.85. The second-order valence-corrected chi connectivity index (χ2v) is 4.42. The normalized spacial score (nSPS) is 18.7. The SMILES string of the molecule is CCCOc1ccc(C2CC=CCN2)c(OC)c1. The maximum absolute atomic E-state index is 5.63. The topological polar surface area (TPSA) is 30.5 Å². The van der Waals surface area contributed by atoms with Crippen molar-refractivity contribution in [2.75, 3.05) is 20.3 Å². The summed E-state index contributed by atoms with van der Waals surface area (Å²) in [6.07, 6.45) is 6.38. The fourth-order valence-electron chi connectivity index (χ4n) is 2.14. The van der Waals surface area contributed by atoms with E-state index in [0.717, 1.165) is 37.5 Å². The summed E-state index contributed by atoms with van der Waals surface area (Å²) in [6, 6.07) is 6.43. The van der Waals surface area contributed by atoms with Crippen LogP contribution in [0.4, 0.5) is 0 Å². The second kappa shape index (κ2) is 6.45. The molecule has 0 aromatic heterocycles. The predicted octanol–water partition coefficient (Wildman–Crippen LogP) is 3.07. The highest BCUT2D eigenvalue weighted by Crippen LogP contribution is 2.32. The number of ether oxygens (including phenoxy) is 2. The Morgan fingerprint density at radius 2 is 2.22 bits per heavy atom. The number of benzene rings is 1. The summed E-state index contributed by atoms with van der Waals surface area (Å²) in [4.78, 5) is 0. The Labute approximate surface area is 109 Å².